The van der Waals surface area contributed by atoms with Crippen LogP contribution in [0.1, 0.15) is 36.7 Å². The summed E-state index contributed by atoms with van der Waals surface area (Å²) in [7, 11) is 0. The molecular weight excluding hydrogens is 325 g/mol. The lowest BCUT2D eigenvalue weighted by atomic mass is 9.94. The second-order valence-electron chi connectivity index (χ2n) is 6.08. The minimum Gasteiger partial charge on any atom is -0.354 e. The van der Waals surface area contributed by atoms with E-state index in [1.54, 1.807) is 18.2 Å². The van der Waals surface area contributed by atoms with Crippen molar-refractivity contribution in [3.05, 3.63) is 41.7 Å². The van der Waals surface area contributed by atoms with Gasteiger partial charge in [0.15, 0.2) is 0 Å². The van der Waals surface area contributed by atoms with Crippen molar-refractivity contribution >= 4 is 11.8 Å². The quantitative estimate of drug-likeness (QED) is 0.872. The van der Waals surface area contributed by atoms with Gasteiger partial charge in [0, 0.05) is 13.0 Å². The third-order valence-electron chi connectivity index (χ3n) is 4.31. The third-order valence-corrected chi connectivity index (χ3v) is 4.31. The van der Waals surface area contributed by atoms with Gasteiger partial charge in [0.2, 0.25) is 11.7 Å². The molecule has 1 aromatic heterocycles. The number of amides is 2. The van der Waals surface area contributed by atoms with Gasteiger partial charge in [-0.25, -0.2) is 14.1 Å². The Bertz CT molecular complexity index is 804. The Labute approximate surface area is 144 Å². The topological polar surface area (TPSA) is 88.9 Å². The van der Waals surface area contributed by atoms with Gasteiger partial charge in [-0.05, 0) is 24.5 Å². The van der Waals surface area contributed by atoms with Crippen LogP contribution in [0.5, 0.6) is 0 Å². The van der Waals surface area contributed by atoms with E-state index in [-0.39, 0.29) is 23.3 Å². The Morgan fingerprint density at radius 1 is 1.44 bits per heavy atom. The molecule has 1 aliphatic heterocycles. The molecule has 2 heterocycles. The molecule has 3 rings (SSSR count). The number of carbonyl (C=O) groups excluding carboxylic acids is 2. The molecule has 25 heavy (non-hydrogen) atoms. The molecule has 2 atom stereocenters. The maximum atomic E-state index is 14.0. The highest BCUT2D eigenvalue weighted by atomic mass is 19.1. The van der Waals surface area contributed by atoms with E-state index in [0.717, 1.165) is 6.42 Å². The maximum Gasteiger partial charge on any atom is 0.291 e. The Balaban J connectivity index is 1.87. The van der Waals surface area contributed by atoms with Gasteiger partial charge in [0.25, 0.3) is 5.91 Å². The molecule has 1 saturated heterocycles. The summed E-state index contributed by atoms with van der Waals surface area (Å²) >= 11 is 0. The average Bonchev–Trinajstić information content (AvgIpc) is 3.03. The molecule has 0 aliphatic carbocycles. The number of aryl methyl sites for hydroxylation is 1. The van der Waals surface area contributed by atoms with Crippen molar-refractivity contribution in [1.82, 2.24) is 25.4 Å². The molecule has 2 aromatic rings. The molecule has 7 nitrogen and oxygen atoms in total. The van der Waals surface area contributed by atoms with E-state index in [1.807, 2.05) is 13.8 Å². The Kier molecular flexibility index (Phi) is 4.78. The number of aromatic nitrogens is 3. The first-order valence-corrected chi connectivity index (χ1v) is 8.30. The third kappa shape index (κ3) is 3.38. The lowest BCUT2D eigenvalue weighted by Crippen LogP contribution is -2.54. The zero-order chi connectivity index (χ0) is 18.0. The fraction of sp³-hybridized carbons (Fsp3) is 0.412. The van der Waals surface area contributed by atoms with Gasteiger partial charge < -0.3 is 10.6 Å². The normalized spacial score (nSPS) is 20.2. The van der Waals surface area contributed by atoms with Crippen molar-refractivity contribution in [2.75, 3.05) is 6.54 Å². The number of halogens is 1. The van der Waals surface area contributed by atoms with Crippen LogP contribution in [0.3, 0.4) is 0 Å². The van der Waals surface area contributed by atoms with Crippen LogP contribution in [-0.4, -0.2) is 39.2 Å². The largest absolute Gasteiger partial charge is 0.354 e. The van der Waals surface area contributed by atoms with Crippen molar-refractivity contribution in [3.8, 4) is 5.69 Å². The molecule has 1 aromatic carbocycles. The van der Waals surface area contributed by atoms with Crippen LogP contribution in [-0.2, 0) is 11.2 Å². The van der Waals surface area contributed by atoms with Gasteiger partial charge in [-0.15, -0.1) is 5.10 Å². The second kappa shape index (κ2) is 7.00. The number of piperidine rings is 1. The van der Waals surface area contributed by atoms with E-state index in [0.29, 0.717) is 18.8 Å². The van der Waals surface area contributed by atoms with E-state index >= 15 is 0 Å². The number of nitrogens with one attached hydrogen (secondary N) is 2. The summed E-state index contributed by atoms with van der Waals surface area (Å²) < 4.78 is 15.4. The van der Waals surface area contributed by atoms with E-state index in [9.17, 15) is 14.0 Å². The smallest absolute Gasteiger partial charge is 0.291 e. The van der Waals surface area contributed by atoms with Crippen LogP contribution in [0.2, 0.25) is 0 Å². The first-order valence-electron chi connectivity index (χ1n) is 8.30. The minimum absolute atomic E-state index is 0.0250. The van der Waals surface area contributed by atoms with E-state index in [2.05, 4.69) is 20.7 Å². The summed E-state index contributed by atoms with van der Waals surface area (Å²) in [6.07, 6.45) is 1.27. The van der Waals surface area contributed by atoms with Crippen LogP contribution in [0, 0.1) is 11.7 Å². The summed E-state index contributed by atoms with van der Waals surface area (Å²) in [5.41, 5.74) is 0.231. The molecule has 2 unspecified atom stereocenters. The second-order valence-corrected chi connectivity index (χ2v) is 6.08. The Hall–Kier alpha value is -2.77. The van der Waals surface area contributed by atoms with Crippen LogP contribution in [0.15, 0.2) is 24.3 Å². The zero-order valence-electron chi connectivity index (χ0n) is 14.1. The number of rotatable bonds is 4. The number of carbonyl (C=O) groups is 2. The molecule has 2 N–H and O–H groups in total. The predicted octanol–water partition coefficient (Wildman–Crippen LogP) is 1.22. The first kappa shape index (κ1) is 17.1. The van der Waals surface area contributed by atoms with Crippen LogP contribution < -0.4 is 10.6 Å². The van der Waals surface area contributed by atoms with Gasteiger partial charge in [0.05, 0.1) is 0 Å². The highest BCUT2D eigenvalue weighted by Gasteiger charge is 2.31. The fourth-order valence-electron chi connectivity index (χ4n) is 2.86. The number of hydrogen-bond acceptors (Lipinski definition) is 4. The lowest BCUT2D eigenvalue weighted by Gasteiger charge is -2.28. The maximum absolute atomic E-state index is 14.0. The van der Waals surface area contributed by atoms with Crippen LogP contribution in [0.4, 0.5) is 4.39 Å². The van der Waals surface area contributed by atoms with Gasteiger partial charge in [-0.2, -0.15) is 0 Å². The van der Waals surface area contributed by atoms with Crippen molar-refractivity contribution in [3.63, 3.8) is 0 Å². The molecule has 1 fully saturated rings. The van der Waals surface area contributed by atoms with Gasteiger partial charge in [-0.3, -0.25) is 9.59 Å². The minimum atomic E-state index is -0.619. The molecule has 132 valence electrons. The van der Waals surface area contributed by atoms with Crippen molar-refractivity contribution < 1.29 is 14.0 Å². The first-order chi connectivity index (χ1) is 12.0. The summed E-state index contributed by atoms with van der Waals surface area (Å²) in [5, 5.41) is 9.56. The van der Waals surface area contributed by atoms with Gasteiger partial charge >= 0.3 is 0 Å². The van der Waals surface area contributed by atoms with Gasteiger partial charge in [-0.1, -0.05) is 26.0 Å². The number of hydrogen-bond donors (Lipinski definition) is 2. The summed E-state index contributed by atoms with van der Waals surface area (Å²) in [5.74, 6) is -0.788. The summed E-state index contributed by atoms with van der Waals surface area (Å²) in [6.45, 7) is 4.36. The molecule has 0 bridgehead atoms. The van der Waals surface area contributed by atoms with Crippen molar-refractivity contribution in [2.24, 2.45) is 5.92 Å². The molecule has 0 spiro atoms. The average molecular weight is 345 g/mol. The molecular formula is C17H20FN5O2. The Morgan fingerprint density at radius 3 is 2.88 bits per heavy atom. The molecule has 0 saturated carbocycles. The van der Waals surface area contributed by atoms with Crippen LogP contribution in [0.25, 0.3) is 5.69 Å². The van der Waals surface area contributed by atoms with Crippen LogP contribution >= 0.6 is 0 Å². The molecule has 1 aliphatic rings. The van der Waals surface area contributed by atoms with Crippen molar-refractivity contribution in [1.29, 1.82) is 0 Å². The number of para-hydroxylation sites is 1. The monoisotopic (exact) mass is 345 g/mol. The van der Waals surface area contributed by atoms with E-state index < -0.39 is 17.8 Å². The predicted molar refractivity (Wildman–Crippen MR) is 88.7 cm³/mol. The van der Waals surface area contributed by atoms with E-state index in [4.69, 9.17) is 0 Å². The number of nitrogens with zero attached hydrogens (tertiary/aromatic N) is 3. The lowest BCUT2D eigenvalue weighted by molar-refractivity contribution is -0.125. The van der Waals surface area contributed by atoms with Gasteiger partial charge in [0.1, 0.15) is 23.4 Å². The zero-order valence-corrected chi connectivity index (χ0v) is 14.1. The fourth-order valence-corrected chi connectivity index (χ4v) is 2.86. The SMILES string of the molecule is CCc1nc(C(=O)NC2C(=O)NCCC2C)nn1-c1ccccc1F. The molecule has 8 heteroatoms. The van der Waals surface area contributed by atoms with E-state index in [1.165, 1.54) is 10.7 Å². The summed E-state index contributed by atoms with van der Waals surface area (Å²) in [6, 6.07) is 5.55. The highest BCUT2D eigenvalue weighted by Crippen LogP contribution is 2.16. The standard InChI is InChI=1S/C17H20FN5O2/c1-3-13-20-15(22-23(13)12-7-5-4-6-11(12)18)17(25)21-14-10(2)8-9-19-16(14)24/h4-7,10,14H,3,8-9H2,1-2H3,(H,19,24)(H,21,25). The molecule has 0 radical (unpaired) electrons. The Morgan fingerprint density at radius 2 is 2.20 bits per heavy atom. The summed E-state index contributed by atoms with van der Waals surface area (Å²) in [4.78, 5) is 28.6. The molecule has 2 amide bonds. The van der Waals surface area contributed by atoms with Crippen molar-refractivity contribution in [2.45, 2.75) is 32.7 Å². The number of benzene rings is 1. The highest BCUT2D eigenvalue weighted by molar-refractivity contribution is 5.95.